The van der Waals surface area contributed by atoms with Gasteiger partial charge in [-0.25, -0.2) is 4.79 Å². The van der Waals surface area contributed by atoms with Crippen LogP contribution in [-0.4, -0.2) is 35.0 Å². The van der Waals surface area contributed by atoms with Crippen LogP contribution in [0.1, 0.15) is 35.4 Å². The zero-order chi connectivity index (χ0) is 17.4. The quantitative estimate of drug-likeness (QED) is 0.902. The highest BCUT2D eigenvalue weighted by Crippen LogP contribution is 2.38. The fourth-order valence-corrected chi connectivity index (χ4v) is 4.00. The molecule has 0 aliphatic carbocycles. The number of furan rings is 1. The van der Waals surface area contributed by atoms with Gasteiger partial charge in [0, 0.05) is 11.7 Å². The van der Waals surface area contributed by atoms with Gasteiger partial charge >= 0.3 is 6.03 Å². The second kappa shape index (κ2) is 6.27. The number of hydrogen-bond donors (Lipinski definition) is 2. The maximum atomic E-state index is 12.8. The van der Waals surface area contributed by atoms with Crippen LogP contribution >= 0.6 is 0 Å². The molecule has 25 heavy (non-hydrogen) atoms. The van der Waals surface area contributed by atoms with Gasteiger partial charge in [-0.2, -0.15) is 0 Å². The average Bonchev–Trinajstić information content (AvgIpc) is 3.32. The molecule has 2 aromatic rings. The summed E-state index contributed by atoms with van der Waals surface area (Å²) < 4.78 is 5.15. The van der Waals surface area contributed by atoms with Gasteiger partial charge in [0.1, 0.15) is 0 Å². The normalized spacial score (nSPS) is 24.4. The molecule has 0 spiro atoms. The molecule has 6 heteroatoms. The maximum absolute atomic E-state index is 12.8. The SMILES string of the molecule is Cc1ccccc1NC(=O)N1C2CCC1[C@@H](NC(=O)c1ccco1)C2. The largest absolute Gasteiger partial charge is 0.459 e. The van der Waals surface area contributed by atoms with Gasteiger partial charge in [-0.05, 0) is 49.9 Å². The van der Waals surface area contributed by atoms with Crippen LogP contribution in [0.25, 0.3) is 0 Å². The predicted octanol–water partition coefficient (Wildman–Crippen LogP) is 3.16. The Morgan fingerprint density at radius 2 is 2.00 bits per heavy atom. The molecule has 4 rings (SSSR count). The van der Waals surface area contributed by atoms with Gasteiger partial charge in [0.05, 0.1) is 18.3 Å². The number of urea groups is 1. The van der Waals surface area contributed by atoms with E-state index in [0.29, 0.717) is 5.76 Å². The Hall–Kier alpha value is -2.76. The third-order valence-corrected chi connectivity index (χ3v) is 5.22. The molecule has 2 saturated heterocycles. The average molecular weight is 339 g/mol. The molecule has 2 aliphatic rings. The van der Waals surface area contributed by atoms with E-state index >= 15 is 0 Å². The van der Waals surface area contributed by atoms with Crippen LogP contribution in [0, 0.1) is 6.92 Å². The summed E-state index contributed by atoms with van der Waals surface area (Å²) in [6.45, 7) is 1.97. The molecule has 3 atom stereocenters. The van der Waals surface area contributed by atoms with E-state index in [1.54, 1.807) is 12.1 Å². The van der Waals surface area contributed by atoms with Crippen LogP contribution in [0.15, 0.2) is 47.1 Å². The zero-order valence-corrected chi connectivity index (χ0v) is 14.1. The van der Waals surface area contributed by atoms with Crippen molar-refractivity contribution in [3.63, 3.8) is 0 Å². The minimum Gasteiger partial charge on any atom is -0.459 e. The third-order valence-electron chi connectivity index (χ3n) is 5.22. The summed E-state index contributed by atoms with van der Waals surface area (Å²) in [4.78, 5) is 26.9. The second-order valence-corrected chi connectivity index (χ2v) is 6.74. The van der Waals surface area contributed by atoms with Gasteiger partial charge in [0.15, 0.2) is 5.76 Å². The number of nitrogens with zero attached hydrogens (tertiary/aromatic N) is 1. The zero-order valence-electron chi connectivity index (χ0n) is 14.1. The third kappa shape index (κ3) is 2.88. The predicted molar refractivity (Wildman–Crippen MR) is 93.4 cm³/mol. The van der Waals surface area contributed by atoms with Crippen LogP contribution in [0.5, 0.6) is 0 Å². The van der Waals surface area contributed by atoms with E-state index in [4.69, 9.17) is 4.42 Å². The Bertz CT molecular complexity index is 787. The number of rotatable bonds is 3. The number of para-hydroxylation sites is 1. The molecule has 2 aliphatic heterocycles. The summed E-state index contributed by atoms with van der Waals surface area (Å²) in [5.74, 6) is 0.0838. The summed E-state index contributed by atoms with van der Waals surface area (Å²) in [5, 5.41) is 6.03. The summed E-state index contributed by atoms with van der Waals surface area (Å²) in [7, 11) is 0. The van der Waals surface area contributed by atoms with Gasteiger partial charge in [-0.15, -0.1) is 0 Å². The van der Waals surface area contributed by atoms with E-state index < -0.39 is 0 Å². The van der Waals surface area contributed by atoms with Crippen LogP contribution in [-0.2, 0) is 0 Å². The monoisotopic (exact) mass is 339 g/mol. The summed E-state index contributed by atoms with van der Waals surface area (Å²) in [6, 6.07) is 11.2. The standard InChI is InChI=1S/C19H21N3O3/c1-12-5-2-3-6-14(12)21-19(24)22-13-8-9-16(22)15(11-13)20-18(23)17-7-4-10-25-17/h2-7,10,13,15-16H,8-9,11H2,1H3,(H,20,23)(H,21,24)/t13?,15-,16?/m0/s1. The van der Waals surface area contributed by atoms with Crippen molar-refractivity contribution in [2.24, 2.45) is 0 Å². The van der Waals surface area contributed by atoms with E-state index in [-0.39, 0.29) is 30.1 Å². The summed E-state index contributed by atoms with van der Waals surface area (Å²) >= 11 is 0. The van der Waals surface area contributed by atoms with Gasteiger partial charge in [-0.1, -0.05) is 18.2 Å². The van der Waals surface area contributed by atoms with Crippen LogP contribution < -0.4 is 10.6 Å². The van der Waals surface area contributed by atoms with Crippen molar-refractivity contribution in [3.05, 3.63) is 54.0 Å². The summed E-state index contributed by atoms with van der Waals surface area (Å²) in [5.41, 5.74) is 1.86. The number of carbonyl (C=O) groups is 2. The van der Waals surface area contributed by atoms with E-state index in [0.717, 1.165) is 30.5 Å². The number of anilines is 1. The van der Waals surface area contributed by atoms with E-state index in [1.807, 2.05) is 36.1 Å². The minimum absolute atomic E-state index is 0.0287. The first-order valence-corrected chi connectivity index (χ1v) is 8.63. The number of aryl methyl sites for hydroxylation is 1. The summed E-state index contributed by atoms with van der Waals surface area (Å²) in [6.07, 6.45) is 4.17. The molecule has 0 saturated carbocycles. The molecule has 6 nitrogen and oxygen atoms in total. The van der Waals surface area contributed by atoms with Crippen LogP contribution in [0.3, 0.4) is 0 Å². The van der Waals surface area contributed by atoms with Crippen molar-refractivity contribution in [2.45, 2.75) is 44.3 Å². The van der Waals surface area contributed by atoms with Gasteiger partial charge in [0.25, 0.3) is 5.91 Å². The fraction of sp³-hybridized carbons (Fsp3) is 0.368. The Morgan fingerprint density at radius 1 is 1.16 bits per heavy atom. The number of carbonyl (C=O) groups excluding carboxylic acids is 2. The minimum atomic E-state index is -0.221. The number of fused-ring (bicyclic) bond motifs is 2. The highest BCUT2D eigenvalue weighted by atomic mass is 16.3. The fourth-order valence-electron chi connectivity index (χ4n) is 4.00. The topological polar surface area (TPSA) is 74.6 Å². The molecule has 1 aromatic heterocycles. The molecule has 0 radical (unpaired) electrons. The van der Waals surface area contributed by atoms with Crippen LogP contribution in [0.4, 0.5) is 10.5 Å². The molecular weight excluding hydrogens is 318 g/mol. The Morgan fingerprint density at radius 3 is 2.76 bits per heavy atom. The highest BCUT2D eigenvalue weighted by Gasteiger charge is 2.49. The molecule has 2 fully saturated rings. The van der Waals surface area contributed by atoms with E-state index in [9.17, 15) is 9.59 Å². The number of amides is 3. The van der Waals surface area contributed by atoms with Gasteiger partial charge < -0.3 is 20.0 Å². The smallest absolute Gasteiger partial charge is 0.322 e. The van der Waals surface area contributed by atoms with Crippen molar-refractivity contribution >= 4 is 17.6 Å². The van der Waals surface area contributed by atoms with E-state index in [1.165, 1.54) is 6.26 Å². The lowest BCUT2D eigenvalue weighted by molar-refractivity contribution is 0.0899. The maximum Gasteiger partial charge on any atom is 0.322 e. The first-order valence-electron chi connectivity index (χ1n) is 8.63. The van der Waals surface area contributed by atoms with Crippen molar-refractivity contribution in [3.8, 4) is 0 Å². The van der Waals surface area contributed by atoms with Crippen molar-refractivity contribution in [1.82, 2.24) is 10.2 Å². The Kier molecular flexibility index (Phi) is 3.95. The second-order valence-electron chi connectivity index (χ2n) is 6.74. The lowest BCUT2D eigenvalue weighted by atomic mass is 9.95. The Labute approximate surface area is 146 Å². The van der Waals surface area contributed by atoms with Crippen molar-refractivity contribution in [2.75, 3.05) is 5.32 Å². The molecule has 130 valence electrons. The lowest BCUT2D eigenvalue weighted by Crippen LogP contribution is -2.46. The first-order chi connectivity index (χ1) is 12.1. The van der Waals surface area contributed by atoms with Gasteiger partial charge in [-0.3, -0.25) is 4.79 Å². The molecule has 2 N–H and O–H groups in total. The first kappa shape index (κ1) is 15.7. The molecule has 3 amide bonds. The molecule has 1 aromatic carbocycles. The lowest BCUT2D eigenvalue weighted by Gasteiger charge is -2.25. The molecule has 3 heterocycles. The number of nitrogens with one attached hydrogen (secondary N) is 2. The molecular formula is C19H21N3O3. The van der Waals surface area contributed by atoms with E-state index in [2.05, 4.69) is 10.6 Å². The molecule has 2 unspecified atom stereocenters. The van der Waals surface area contributed by atoms with Gasteiger partial charge in [0.2, 0.25) is 0 Å². The number of benzene rings is 1. The number of hydrogen-bond acceptors (Lipinski definition) is 3. The Balaban J connectivity index is 1.44. The van der Waals surface area contributed by atoms with Crippen molar-refractivity contribution < 1.29 is 14.0 Å². The molecule has 2 bridgehead atoms. The van der Waals surface area contributed by atoms with Crippen molar-refractivity contribution in [1.29, 1.82) is 0 Å². The van der Waals surface area contributed by atoms with Crippen LogP contribution in [0.2, 0.25) is 0 Å². The highest BCUT2D eigenvalue weighted by molar-refractivity contribution is 5.93.